The normalized spacial score (nSPS) is 11.2. The molecular formula is C24H15ClN2O3S. The van der Waals surface area contributed by atoms with Gasteiger partial charge in [0, 0.05) is 22.3 Å². The van der Waals surface area contributed by atoms with E-state index in [-0.39, 0.29) is 11.2 Å². The zero-order valence-electron chi connectivity index (χ0n) is 16.3. The Morgan fingerprint density at radius 3 is 2.61 bits per heavy atom. The van der Waals surface area contributed by atoms with Crippen LogP contribution in [0.15, 0.2) is 75.9 Å². The Hall–Kier alpha value is -3.48. The Labute approximate surface area is 185 Å². The lowest BCUT2D eigenvalue weighted by Crippen LogP contribution is -2.15. The molecule has 0 unspecified atom stereocenters. The van der Waals surface area contributed by atoms with Crippen molar-refractivity contribution >= 4 is 55.7 Å². The Kier molecular flexibility index (Phi) is 4.81. The highest BCUT2D eigenvalue weighted by atomic mass is 35.5. The lowest BCUT2D eigenvalue weighted by Gasteiger charge is -2.07. The molecule has 3 aromatic carbocycles. The van der Waals surface area contributed by atoms with E-state index in [1.54, 1.807) is 35.6 Å². The molecule has 0 aliphatic heterocycles. The van der Waals surface area contributed by atoms with Gasteiger partial charge >= 0.3 is 0 Å². The molecule has 5 nitrogen and oxygen atoms in total. The van der Waals surface area contributed by atoms with Crippen LogP contribution in [0.3, 0.4) is 0 Å². The highest BCUT2D eigenvalue weighted by Crippen LogP contribution is 2.30. The summed E-state index contributed by atoms with van der Waals surface area (Å²) in [4.78, 5) is 29.7. The summed E-state index contributed by atoms with van der Waals surface area (Å²) in [6.07, 6.45) is 0. The van der Waals surface area contributed by atoms with Gasteiger partial charge in [0.15, 0.2) is 11.2 Å². The molecule has 0 bridgehead atoms. The number of anilines is 1. The summed E-state index contributed by atoms with van der Waals surface area (Å²) in [5.74, 6) is -0.561. The van der Waals surface area contributed by atoms with E-state index in [4.69, 9.17) is 16.0 Å². The molecule has 0 saturated heterocycles. The van der Waals surface area contributed by atoms with Gasteiger partial charge in [0.25, 0.3) is 5.91 Å². The van der Waals surface area contributed by atoms with Crippen molar-refractivity contribution in [3.8, 4) is 10.6 Å². The van der Waals surface area contributed by atoms with E-state index >= 15 is 0 Å². The third-order valence-corrected chi connectivity index (χ3v) is 6.41. The number of nitrogens with zero attached hydrogens (tertiary/aromatic N) is 1. The van der Waals surface area contributed by atoms with Crippen LogP contribution >= 0.6 is 22.9 Å². The molecule has 2 heterocycles. The Morgan fingerprint density at radius 2 is 1.84 bits per heavy atom. The number of hydrogen-bond donors (Lipinski definition) is 1. The highest BCUT2D eigenvalue weighted by Gasteiger charge is 2.14. The molecule has 0 aliphatic carbocycles. The van der Waals surface area contributed by atoms with Crippen molar-refractivity contribution in [1.29, 1.82) is 0 Å². The largest absolute Gasteiger partial charge is 0.451 e. The number of halogens is 1. The summed E-state index contributed by atoms with van der Waals surface area (Å²) in [6, 6.07) is 19.8. The van der Waals surface area contributed by atoms with Crippen LogP contribution in [0, 0.1) is 6.92 Å². The van der Waals surface area contributed by atoms with Gasteiger partial charge in [0.05, 0.1) is 15.6 Å². The van der Waals surface area contributed by atoms with Crippen molar-refractivity contribution in [3.05, 3.63) is 93.3 Å². The van der Waals surface area contributed by atoms with Gasteiger partial charge in [-0.2, -0.15) is 0 Å². The molecule has 5 rings (SSSR count). The summed E-state index contributed by atoms with van der Waals surface area (Å²) in [7, 11) is 0. The second kappa shape index (κ2) is 7.65. The monoisotopic (exact) mass is 446 g/mol. The zero-order chi connectivity index (χ0) is 21.5. The van der Waals surface area contributed by atoms with Crippen LogP contribution in [0.25, 0.3) is 31.8 Å². The smallest absolute Gasteiger partial charge is 0.291 e. The van der Waals surface area contributed by atoms with Crippen molar-refractivity contribution in [1.82, 2.24) is 4.98 Å². The van der Waals surface area contributed by atoms with Gasteiger partial charge in [-0.3, -0.25) is 9.59 Å². The molecule has 0 spiro atoms. The quantitative estimate of drug-likeness (QED) is 0.354. The van der Waals surface area contributed by atoms with E-state index in [1.807, 2.05) is 43.3 Å². The van der Waals surface area contributed by atoms with Crippen molar-refractivity contribution < 1.29 is 9.21 Å². The molecule has 0 radical (unpaired) electrons. The molecule has 0 fully saturated rings. The average Bonchev–Trinajstić information content (AvgIpc) is 3.20. The predicted molar refractivity (Wildman–Crippen MR) is 125 cm³/mol. The Morgan fingerprint density at radius 1 is 1.06 bits per heavy atom. The number of fused-ring (bicyclic) bond motifs is 2. The number of amides is 1. The lowest BCUT2D eigenvalue weighted by atomic mass is 10.1. The molecule has 2 aromatic heterocycles. The fraction of sp³-hybridized carbons (Fsp3) is 0.0417. The summed E-state index contributed by atoms with van der Waals surface area (Å²) >= 11 is 7.70. The number of hydrogen-bond acceptors (Lipinski definition) is 5. The number of benzene rings is 3. The fourth-order valence-electron chi connectivity index (χ4n) is 3.27. The number of nitrogens with one attached hydrogen (secondary N) is 1. The van der Waals surface area contributed by atoms with E-state index in [0.29, 0.717) is 21.7 Å². The van der Waals surface area contributed by atoms with Gasteiger partial charge in [-0.05, 0) is 61.0 Å². The Bertz CT molecular complexity index is 1490. The van der Waals surface area contributed by atoms with Crippen LogP contribution in [0.2, 0.25) is 5.02 Å². The summed E-state index contributed by atoms with van der Waals surface area (Å²) in [5.41, 5.74) is 3.28. The third kappa shape index (κ3) is 3.71. The summed E-state index contributed by atoms with van der Waals surface area (Å²) < 4.78 is 6.78. The van der Waals surface area contributed by atoms with E-state index < -0.39 is 5.91 Å². The van der Waals surface area contributed by atoms with Crippen molar-refractivity contribution in [2.24, 2.45) is 0 Å². The number of carbonyl (C=O) groups excluding carboxylic acids is 1. The zero-order valence-corrected chi connectivity index (χ0v) is 17.9. The van der Waals surface area contributed by atoms with Crippen molar-refractivity contribution in [3.63, 3.8) is 0 Å². The van der Waals surface area contributed by atoms with Crippen LogP contribution in [0.5, 0.6) is 0 Å². The first-order valence-electron chi connectivity index (χ1n) is 9.49. The van der Waals surface area contributed by atoms with Crippen molar-refractivity contribution in [2.75, 3.05) is 5.32 Å². The predicted octanol–water partition coefficient (Wildman–Crippen LogP) is 6.28. The maximum Gasteiger partial charge on any atom is 0.291 e. The van der Waals surface area contributed by atoms with E-state index in [0.717, 1.165) is 26.4 Å². The average molecular weight is 447 g/mol. The third-order valence-electron chi connectivity index (χ3n) is 4.92. The molecule has 152 valence electrons. The Balaban J connectivity index is 1.40. The van der Waals surface area contributed by atoms with E-state index in [1.165, 1.54) is 6.07 Å². The first kappa shape index (κ1) is 19.5. The van der Waals surface area contributed by atoms with E-state index in [9.17, 15) is 9.59 Å². The highest BCUT2D eigenvalue weighted by molar-refractivity contribution is 7.21. The van der Waals surface area contributed by atoms with Crippen LogP contribution < -0.4 is 10.7 Å². The maximum atomic E-state index is 12.7. The van der Waals surface area contributed by atoms with E-state index in [2.05, 4.69) is 10.3 Å². The van der Waals surface area contributed by atoms with Gasteiger partial charge < -0.3 is 9.73 Å². The minimum absolute atomic E-state index is 0.0607. The topological polar surface area (TPSA) is 72.2 Å². The molecule has 0 aliphatic rings. The van der Waals surface area contributed by atoms with Gasteiger partial charge in [-0.1, -0.05) is 23.7 Å². The molecule has 31 heavy (non-hydrogen) atoms. The second-order valence-electron chi connectivity index (χ2n) is 7.09. The van der Waals surface area contributed by atoms with Gasteiger partial charge in [-0.15, -0.1) is 11.3 Å². The van der Waals surface area contributed by atoms with Gasteiger partial charge in [-0.25, -0.2) is 4.98 Å². The number of carbonyl (C=O) groups is 1. The second-order valence-corrected chi connectivity index (χ2v) is 8.53. The SMILES string of the molecule is Cc1cc2oc(C(=O)Nc3ccc(-c4nc5ccccc5s4)cc3)cc(=O)c2cc1Cl. The molecule has 5 aromatic rings. The molecule has 0 saturated carbocycles. The van der Waals surface area contributed by atoms with Crippen molar-refractivity contribution in [2.45, 2.75) is 6.92 Å². The lowest BCUT2D eigenvalue weighted by molar-refractivity contribution is 0.0997. The molecule has 0 atom stereocenters. The fourth-order valence-corrected chi connectivity index (χ4v) is 4.41. The maximum absolute atomic E-state index is 12.7. The molecule has 1 N–H and O–H groups in total. The number of aryl methyl sites for hydroxylation is 1. The number of thiazole rings is 1. The number of rotatable bonds is 3. The summed E-state index contributed by atoms with van der Waals surface area (Å²) in [6.45, 7) is 1.81. The van der Waals surface area contributed by atoms with Crippen LogP contribution in [-0.2, 0) is 0 Å². The van der Waals surface area contributed by atoms with Crippen LogP contribution in [0.1, 0.15) is 16.1 Å². The minimum atomic E-state index is -0.501. The van der Waals surface area contributed by atoms with Gasteiger partial charge in [0.1, 0.15) is 10.6 Å². The molecule has 7 heteroatoms. The first-order valence-corrected chi connectivity index (χ1v) is 10.7. The number of aromatic nitrogens is 1. The standard InChI is InChI=1S/C24H15ClN2O3S/c1-13-10-20-16(11-17(13)25)19(28)12-21(30-20)23(29)26-15-8-6-14(7-9-15)24-27-18-4-2-3-5-22(18)31-24/h2-12H,1H3,(H,26,29). The first-order chi connectivity index (χ1) is 15.0. The van der Waals surface area contributed by atoms with Gasteiger partial charge in [0.2, 0.25) is 0 Å². The van der Waals surface area contributed by atoms with Crippen LogP contribution in [-0.4, -0.2) is 10.9 Å². The summed E-state index contributed by atoms with van der Waals surface area (Å²) in [5, 5.41) is 4.49. The molecular weight excluding hydrogens is 432 g/mol. The van der Waals surface area contributed by atoms with Crippen LogP contribution in [0.4, 0.5) is 5.69 Å². The minimum Gasteiger partial charge on any atom is -0.451 e. The number of para-hydroxylation sites is 1. The molecule has 1 amide bonds.